The molecule has 142 valence electrons. The number of fused-ring (bicyclic) bond motifs is 2. The van der Waals surface area contributed by atoms with Gasteiger partial charge in [-0.2, -0.15) is 0 Å². The second kappa shape index (κ2) is 7.00. The molecular weight excluding hydrogens is 334 g/mol. The number of rotatable bonds is 3. The molecule has 1 aromatic rings. The summed E-state index contributed by atoms with van der Waals surface area (Å²) < 4.78 is 5.09. The molecule has 26 heavy (non-hydrogen) atoms. The number of nitrogens with one attached hydrogen (secondary N) is 2. The van der Waals surface area contributed by atoms with Crippen molar-refractivity contribution in [3.05, 3.63) is 17.7 Å². The fraction of sp³-hybridized carbons (Fsp3) is 0.722. The van der Waals surface area contributed by atoms with Crippen LogP contribution in [0.4, 0.5) is 0 Å². The van der Waals surface area contributed by atoms with E-state index in [2.05, 4.69) is 15.3 Å². The zero-order chi connectivity index (χ0) is 18.1. The lowest BCUT2D eigenvalue weighted by molar-refractivity contribution is -0.148. The first-order chi connectivity index (χ1) is 12.7. The van der Waals surface area contributed by atoms with Crippen LogP contribution in [0.1, 0.15) is 37.1 Å². The molecule has 2 saturated heterocycles. The topological polar surface area (TPSA) is 90.6 Å². The van der Waals surface area contributed by atoms with Gasteiger partial charge in [0.1, 0.15) is 6.61 Å². The molecule has 0 saturated carbocycles. The number of carbonyl (C=O) groups is 2. The normalized spacial score (nSPS) is 24.7. The van der Waals surface area contributed by atoms with Crippen molar-refractivity contribution in [1.82, 2.24) is 25.1 Å². The van der Waals surface area contributed by atoms with Gasteiger partial charge in [-0.05, 0) is 32.2 Å². The number of methoxy groups -OCH3 is 1. The number of likely N-dealkylation sites (tertiary alicyclic amines) is 1. The summed E-state index contributed by atoms with van der Waals surface area (Å²) in [5.41, 5.74) is 1.66. The first kappa shape index (κ1) is 17.5. The number of amides is 2. The van der Waals surface area contributed by atoms with Crippen molar-refractivity contribution in [3.8, 4) is 0 Å². The number of ether oxygens (including phenoxy) is 1. The Morgan fingerprint density at radius 3 is 2.85 bits per heavy atom. The largest absolute Gasteiger partial charge is 0.375 e. The van der Waals surface area contributed by atoms with Crippen molar-refractivity contribution < 1.29 is 14.3 Å². The van der Waals surface area contributed by atoms with Gasteiger partial charge in [0.05, 0.1) is 23.6 Å². The van der Waals surface area contributed by atoms with Gasteiger partial charge in [0.15, 0.2) is 0 Å². The van der Waals surface area contributed by atoms with E-state index in [-0.39, 0.29) is 24.5 Å². The van der Waals surface area contributed by atoms with E-state index < -0.39 is 5.54 Å². The van der Waals surface area contributed by atoms with Gasteiger partial charge in [-0.1, -0.05) is 0 Å². The summed E-state index contributed by atoms with van der Waals surface area (Å²) in [6.07, 6.45) is 5.92. The minimum absolute atomic E-state index is 0.00149. The monoisotopic (exact) mass is 361 g/mol. The molecule has 1 aromatic heterocycles. The molecule has 3 aliphatic heterocycles. The Hall–Kier alpha value is -1.93. The van der Waals surface area contributed by atoms with Crippen molar-refractivity contribution in [2.24, 2.45) is 0 Å². The molecule has 4 rings (SSSR count). The first-order valence-electron chi connectivity index (χ1n) is 9.50. The Kier molecular flexibility index (Phi) is 4.71. The van der Waals surface area contributed by atoms with Crippen LogP contribution in [-0.2, 0) is 26.3 Å². The molecule has 8 nitrogen and oxygen atoms in total. The van der Waals surface area contributed by atoms with Gasteiger partial charge in [0.25, 0.3) is 0 Å². The number of H-pyrrole nitrogens is 1. The van der Waals surface area contributed by atoms with Gasteiger partial charge in [-0.3, -0.25) is 9.59 Å². The van der Waals surface area contributed by atoms with Gasteiger partial charge in [-0.15, -0.1) is 0 Å². The maximum atomic E-state index is 12.7. The summed E-state index contributed by atoms with van der Waals surface area (Å²) in [5.74, 6) is 0.198. The quantitative estimate of drug-likeness (QED) is 0.792. The van der Waals surface area contributed by atoms with Crippen LogP contribution in [0.5, 0.6) is 0 Å². The third kappa shape index (κ3) is 2.81. The van der Waals surface area contributed by atoms with Gasteiger partial charge in [0.2, 0.25) is 11.8 Å². The number of piperidine rings is 1. The molecule has 1 spiro atoms. The lowest BCUT2D eigenvalue weighted by Crippen LogP contribution is -2.60. The number of imidazole rings is 1. The predicted molar refractivity (Wildman–Crippen MR) is 94.4 cm³/mol. The molecule has 2 fully saturated rings. The SMILES string of the molecule is COCC(=O)N1CCc2[nH]cnc2C12CCN(C(=O)[C@@H]1CCCN1)CC2. The first-order valence-corrected chi connectivity index (χ1v) is 9.50. The van der Waals surface area contributed by atoms with E-state index in [1.165, 1.54) is 0 Å². The van der Waals surface area contributed by atoms with E-state index in [4.69, 9.17) is 4.74 Å². The molecule has 0 radical (unpaired) electrons. The second-order valence-electron chi connectivity index (χ2n) is 7.46. The zero-order valence-corrected chi connectivity index (χ0v) is 15.3. The summed E-state index contributed by atoms with van der Waals surface area (Å²) >= 11 is 0. The van der Waals surface area contributed by atoms with E-state index in [0.29, 0.717) is 19.6 Å². The number of aromatic amines is 1. The molecule has 0 aliphatic carbocycles. The van der Waals surface area contributed by atoms with E-state index in [9.17, 15) is 9.59 Å². The molecule has 0 aromatic carbocycles. The Labute approximate surface area is 153 Å². The Balaban J connectivity index is 1.55. The number of hydrogen-bond acceptors (Lipinski definition) is 5. The predicted octanol–water partition coefficient (Wildman–Crippen LogP) is 0.0105. The second-order valence-corrected chi connectivity index (χ2v) is 7.46. The Morgan fingerprint density at radius 2 is 2.15 bits per heavy atom. The maximum Gasteiger partial charge on any atom is 0.249 e. The van der Waals surface area contributed by atoms with Crippen molar-refractivity contribution in [2.75, 3.05) is 39.9 Å². The van der Waals surface area contributed by atoms with Crippen molar-refractivity contribution in [2.45, 2.75) is 43.7 Å². The number of carbonyl (C=O) groups excluding carboxylic acids is 2. The van der Waals surface area contributed by atoms with E-state index in [0.717, 1.165) is 50.0 Å². The number of aromatic nitrogens is 2. The van der Waals surface area contributed by atoms with Crippen LogP contribution in [0.2, 0.25) is 0 Å². The van der Waals surface area contributed by atoms with Gasteiger partial charge < -0.3 is 24.8 Å². The third-order valence-corrected chi connectivity index (χ3v) is 6.09. The van der Waals surface area contributed by atoms with Crippen molar-refractivity contribution in [1.29, 1.82) is 0 Å². The Bertz CT molecular complexity index is 674. The van der Waals surface area contributed by atoms with Crippen LogP contribution in [0, 0.1) is 0 Å². The summed E-state index contributed by atoms with van der Waals surface area (Å²) in [6, 6.07) is -0.0393. The summed E-state index contributed by atoms with van der Waals surface area (Å²) in [5, 5.41) is 3.29. The standard InChI is InChI=1S/C18H27N5O3/c1-26-11-15(24)23-8-4-13-16(21-12-20-13)18(23)5-9-22(10-6-18)17(25)14-3-2-7-19-14/h12,14,19H,2-11H2,1H3,(H,20,21)/t14-/m0/s1. The van der Waals surface area contributed by atoms with Crippen molar-refractivity contribution in [3.63, 3.8) is 0 Å². The minimum Gasteiger partial charge on any atom is -0.375 e. The average molecular weight is 361 g/mol. The highest BCUT2D eigenvalue weighted by Gasteiger charge is 2.49. The highest BCUT2D eigenvalue weighted by molar-refractivity contribution is 5.82. The molecule has 3 aliphatic rings. The van der Waals surface area contributed by atoms with Gasteiger partial charge in [0, 0.05) is 38.9 Å². The number of hydrogen-bond donors (Lipinski definition) is 2. The fourth-order valence-electron chi connectivity index (χ4n) is 4.76. The molecule has 2 amide bonds. The fourth-order valence-corrected chi connectivity index (χ4v) is 4.76. The lowest BCUT2D eigenvalue weighted by Gasteiger charge is -2.50. The Morgan fingerprint density at radius 1 is 1.35 bits per heavy atom. The van der Waals surface area contributed by atoms with Crippen LogP contribution >= 0.6 is 0 Å². The molecule has 4 heterocycles. The average Bonchev–Trinajstić information content (AvgIpc) is 3.34. The van der Waals surface area contributed by atoms with Crippen LogP contribution in [0.3, 0.4) is 0 Å². The molecule has 2 N–H and O–H groups in total. The summed E-state index contributed by atoms with van der Waals surface area (Å²) in [7, 11) is 1.55. The van der Waals surface area contributed by atoms with E-state index in [1.54, 1.807) is 13.4 Å². The molecule has 0 unspecified atom stereocenters. The summed E-state index contributed by atoms with van der Waals surface area (Å²) in [4.78, 5) is 37.1. The zero-order valence-electron chi connectivity index (χ0n) is 15.3. The van der Waals surface area contributed by atoms with Crippen molar-refractivity contribution >= 4 is 11.8 Å². The van der Waals surface area contributed by atoms with E-state index >= 15 is 0 Å². The van der Waals surface area contributed by atoms with Gasteiger partial charge in [-0.25, -0.2) is 4.98 Å². The van der Waals surface area contributed by atoms with E-state index in [1.807, 2.05) is 9.80 Å². The molecule has 0 bridgehead atoms. The van der Waals surface area contributed by atoms with Crippen LogP contribution in [-0.4, -0.2) is 77.5 Å². The molecular formula is C18H27N5O3. The maximum absolute atomic E-state index is 12.7. The molecule has 1 atom stereocenters. The van der Waals surface area contributed by atoms with Crippen LogP contribution in [0.25, 0.3) is 0 Å². The van der Waals surface area contributed by atoms with Gasteiger partial charge >= 0.3 is 0 Å². The highest BCUT2D eigenvalue weighted by atomic mass is 16.5. The number of nitrogens with zero attached hydrogens (tertiary/aromatic N) is 3. The summed E-state index contributed by atoms with van der Waals surface area (Å²) in [6.45, 7) is 2.97. The smallest absolute Gasteiger partial charge is 0.249 e. The van der Waals surface area contributed by atoms with Crippen LogP contribution in [0.15, 0.2) is 6.33 Å². The third-order valence-electron chi connectivity index (χ3n) is 6.09. The lowest BCUT2D eigenvalue weighted by atomic mass is 9.78. The molecule has 8 heteroatoms. The highest BCUT2D eigenvalue weighted by Crippen LogP contribution is 2.42. The minimum atomic E-state index is -0.427. The van der Waals surface area contributed by atoms with Crippen LogP contribution < -0.4 is 5.32 Å².